The molecule has 0 aliphatic heterocycles. The Balaban J connectivity index is 2.25. The number of hydrogen-bond donors (Lipinski definition) is 2. The third kappa shape index (κ3) is 2.87. The quantitative estimate of drug-likeness (QED) is 0.851. The number of halogens is 3. The van der Waals surface area contributed by atoms with E-state index >= 15 is 0 Å². The normalized spacial score (nSPS) is 10.2. The second kappa shape index (κ2) is 5.60. The zero-order valence-corrected chi connectivity index (χ0v) is 10.4. The minimum absolute atomic E-state index is 0.0148. The van der Waals surface area contributed by atoms with Gasteiger partial charge in [-0.05, 0) is 12.1 Å². The highest BCUT2D eigenvalue weighted by molar-refractivity contribution is 6.03. The maximum Gasteiger partial charge on any atom is 0.274 e. The lowest BCUT2D eigenvalue weighted by Gasteiger charge is -2.07. The van der Waals surface area contributed by atoms with E-state index in [0.29, 0.717) is 17.8 Å². The number of amides is 1. The molecule has 0 saturated carbocycles. The molecular formula is C13H10F3N3O. The van der Waals surface area contributed by atoms with E-state index < -0.39 is 29.0 Å². The van der Waals surface area contributed by atoms with Gasteiger partial charge < -0.3 is 10.6 Å². The minimum Gasteiger partial charge on any atom is -0.388 e. The van der Waals surface area contributed by atoms with Gasteiger partial charge >= 0.3 is 0 Å². The van der Waals surface area contributed by atoms with Gasteiger partial charge in [0, 0.05) is 31.1 Å². The van der Waals surface area contributed by atoms with Gasteiger partial charge in [-0.15, -0.1) is 0 Å². The van der Waals surface area contributed by atoms with Gasteiger partial charge in [0.15, 0.2) is 11.6 Å². The number of benzene rings is 1. The summed E-state index contributed by atoms with van der Waals surface area (Å²) in [5.74, 6) is -4.37. The average molecular weight is 281 g/mol. The third-order valence-electron chi connectivity index (χ3n) is 2.54. The topological polar surface area (TPSA) is 54.0 Å². The lowest BCUT2D eigenvalue weighted by atomic mass is 10.2. The minimum atomic E-state index is -1.32. The van der Waals surface area contributed by atoms with Crippen LogP contribution in [0.25, 0.3) is 0 Å². The molecule has 1 aromatic carbocycles. The highest BCUT2D eigenvalue weighted by atomic mass is 19.2. The lowest BCUT2D eigenvalue weighted by Crippen LogP contribution is -2.15. The molecule has 7 heteroatoms. The Labute approximate surface area is 112 Å². The smallest absolute Gasteiger partial charge is 0.274 e. The fraction of sp³-hybridized carbons (Fsp3) is 0.0769. The van der Waals surface area contributed by atoms with E-state index in [0.717, 1.165) is 0 Å². The van der Waals surface area contributed by atoms with Gasteiger partial charge in [-0.25, -0.2) is 13.2 Å². The average Bonchev–Trinajstić information content (AvgIpc) is 2.44. The van der Waals surface area contributed by atoms with Crippen LogP contribution in [0.2, 0.25) is 0 Å². The molecule has 20 heavy (non-hydrogen) atoms. The van der Waals surface area contributed by atoms with E-state index in [-0.39, 0.29) is 5.69 Å². The van der Waals surface area contributed by atoms with Crippen LogP contribution >= 0.6 is 0 Å². The van der Waals surface area contributed by atoms with E-state index in [1.165, 1.54) is 12.3 Å². The Bertz CT molecular complexity index is 661. The van der Waals surface area contributed by atoms with E-state index in [9.17, 15) is 18.0 Å². The molecule has 0 atom stereocenters. The molecule has 1 aromatic heterocycles. The van der Waals surface area contributed by atoms with Crippen LogP contribution in [-0.4, -0.2) is 17.9 Å². The maximum atomic E-state index is 13.4. The summed E-state index contributed by atoms with van der Waals surface area (Å²) in [5, 5.41) is 4.95. The molecule has 0 fully saturated rings. The van der Waals surface area contributed by atoms with Crippen molar-refractivity contribution < 1.29 is 18.0 Å². The maximum absolute atomic E-state index is 13.4. The first kappa shape index (κ1) is 13.9. The number of carbonyl (C=O) groups is 1. The van der Waals surface area contributed by atoms with Crippen molar-refractivity contribution in [2.24, 2.45) is 0 Å². The molecule has 0 bridgehead atoms. The molecule has 1 heterocycles. The van der Waals surface area contributed by atoms with Gasteiger partial charge in [0.05, 0.1) is 5.69 Å². The molecule has 0 radical (unpaired) electrons. The van der Waals surface area contributed by atoms with Crippen LogP contribution in [0.5, 0.6) is 0 Å². The molecule has 2 rings (SSSR count). The first-order valence-corrected chi connectivity index (χ1v) is 5.61. The number of nitrogens with one attached hydrogen (secondary N) is 2. The molecule has 4 nitrogen and oxygen atoms in total. The number of pyridine rings is 1. The number of aromatic nitrogens is 1. The molecule has 1 amide bonds. The van der Waals surface area contributed by atoms with Gasteiger partial charge in [-0.1, -0.05) is 0 Å². The van der Waals surface area contributed by atoms with Crippen molar-refractivity contribution >= 4 is 17.3 Å². The fourth-order valence-corrected chi connectivity index (χ4v) is 1.51. The van der Waals surface area contributed by atoms with Gasteiger partial charge in [-0.3, -0.25) is 9.78 Å². The summed E-state index contributed by atoms with van der Waals surface area (Å²) in [7, 11) is 1.66. The summed E-state index contributed by atoms with van der Waals surface area (Å²) < 4.78 is 39.2. The second-order valence-corrected chi connectivity index (χ2v) is 3.88. The van der Waals surface area contributed by atoms with Gasteiger partial charge in [-0.2, -0.15) is 0 Å². The molecule has 2 N–H and O–H groups in total. The Morgan fingerprint density at radius 3 is 2.50 bits per heavy atom. The number of anilines is 2. The Hall–Kier alpha value is -2.57. The molecule has 0 saturated heterocycles. The fourth-order valence-electron chi connectivity index (χ4n) is 1.51. The zero-order valence-electron chi connectivity index (χ0n) is 10.4. The van der Waals surface area contributed by atoms with Crippen molar-refractivity contribution in [1.29, 1.82) is 0 Å². The van der Waals surface area contributed by atoms with Crippen LogP contribution in [0.1, 0.15) is 10.5 Å². The number of rotatable bonds is 3. The number of nitrogens with zero attached hydrogens (tertiary/aromatic N) is 1. The molecule has 2 aromatic rings. The summed E-state index contributed by atoms with van der Waals surface area (Å²) in [6.45, 7) is 0. The molecule has 0 aliphatic rings. The van der Waals surface area contributed by atoms with Crippen LogP contribution in [0.4, 0.5) is 24.5 Å². The predicted octanol–water partition coefficient (Wildman–Crippen LogP) is 2.79. The predicted molar refractivity (Wildman–Crippen MR) is 68.1 cm³/mol. The van der Waals surface area contributed by atoms with Gasteiger partial charge in [0.25, 0.3) is 5.91 Å². The summed E-state index contributed by atoms with van der Waals surface area (Å²) in [5.41, 5.74) is 0.197. The van der Waals surface area contributed by atoms with Crippen molar-refractivity contribution in [2.75, 3.05) is 17.7 Å². The van der Waals surface area contributed by atoms with E-state index in [4.69, 9.17) is 0 Å². The largest absolute Gasteiger partial charge is 0.388 e. The monoisotopic (exact) mass is 281 g/mol. The molecule has 0 spiro atoms. The second-order valence-electron chi connectivity index (χ2n) is 3.88. The van der Waals surface area contributed by atoms with Crippen LogP contribution in [0, 0.1) is 17.5 Å². The van der Waals surface area contributed by atoms with E-state index in [1.54, 1.807) is 13.1 Å². The van der Waals surface area contributed by atoms with Crippen molar-refractivity contribution in [3.8, 4) is 0 Å². The standard InChI is InChI=1S/C13H10F3N3O/c1-17-7-2-3-18-12(4-7)13(20)19-11-6-9(15)8(14)5-10(11)16/h2-6H,1H3,(H,17,18)(H,19,20). The summed E-state index contributed by atoms with van der Waals surface area (Å²) >= 11 is 0. The molecule has 0 unspecified atom stereocenters. The Morgan fingerprint density at radius 1 is 1.10 bits per heavy atom. The van der Waals surface area contributed by atoms with Crippen LogP contribution in [-0.2, 0) is 0 Å². The van der Waals surface area contributed by atoms with Crippen LogP contribution in [0.3, 0.4) is 0 Å². The summed E-state index contributed by atoms with van der Waals surface area (Å²) in [6.07, 6.45) is 1.39. The van der Waals surface area contributed by atoms with Crippen molar-refractivity contribution in [3.63, 3.8) is 0 Å². The summed E-state index contributed by atoms with van der Waals surface area (Å²) in [4.78, 5) is 15.7. The van der Waals surface area contributed by atoms with Crippen LogP contribution in [0.15, 0.2) is 30.5 Å². The van der Waals surface area contributed by atoms with E-state index in [1.807, 2.05) is 0 Å². The number of hydrogen-bond acceptors (Lipinski definition) is 3. The lowest BCUT2D eigenvalue weighted by molar-refractivity contribution is 0.102. The first-order valence-electron chi connectivity index (χ1n) is 5.61. The molecule has 0 aliphatic carbocycles. The third-order valence-corrected chi connectivity index (χ3v) is 2.54. The van der Waals surface area contributed by atoms with Gasteiger partial charge in [0.1, 0.15) is 11.5 Å². The highest BCUT2D eigenvalue weighted by Crippen LogP contribution is 2.19. The van der Waals surface area contributed by atoms with Crippen molar-refractivity contribution in [1.82, 2.24) is 4.98 Å². The van der Waals surface area contributed by atoms with Crippen molar-refractivity contribution in [3.05, 3.63) is 53.6 Å². The Kier molecular flexibility index (Phi) is 3.88. The summed E-state index contributed by atoms with van der Waals surface area (Å²) in [6, 6.07) is 4.01. The van der Waals surface area contributed by atoms with E-state index in [2.05, 4.69) is 15.6 Å². The Morgan fingerprint density at radius 2 is 1.80 bits per heavy atom. The van der Waals surface area contributed by atoms with Crippen molar-refractivity contribution in [2.45, 2.75) is 0 Å². The number of carbonyl (C=O) groups excluding carboxylic acids is 1. The SMILES string of the molecule is CNc1ccnc(C(=O)Nc2cc(F)c(F)cc2F)c1. The highest BCUT2D eigenvalue weighted by Gasteiger charge is 2.14. The van der Waals surface area contributed by atoms with Gasteiger partial charge in [0.2, 0.25) is 0 Å². The zero-order chi connectivity index (χ0) is 14.7. The molecular weight excluding hydrogens is 271 g/mol. The first-order chi connectivity index (χ1) is 9.51. The molecule has 104 valence electrons. The van der Waals surface area contributed by atoms with Crippen LogP contribution < -0.4 is 10.6 Å².